The van der Waals surface area contributed by atoms with Crippen LogP contribution in [0.25, 0.3) is 11.3 Å². The molecule has 0 bridgehead atoms. The van der Waals surface area contributed by atoms with E-state index in [0.717, 1.165) is 31.5 Å². The highest BCUT2D eigenvalue weighted by Gasteiger charge is 2.26. The van der Waals surface area contributed by atoms with Crippen LogP contribution in [0.2, 0.25) is 0 Å². The number of piperidine rings is 1. The van der Waals surface area contributed by atoms with Crippen LogP contribution < -0.4 is 16.0 Å². The number of phenolic OH excluding ortho intramolecular Hbond substituents is 1. The Labute approximate surface area is 152 Å². The molecule has 0 aliphatic carbocycles. The predicted octanol–water partition coefficient (Wildman–Crippen LogP) is 2.98. The Morgan fingerprint density at radius 3 is 2.84 bits per heavy atom. The van der Waals surface area contributed by atoms with Crippen molar-refractivity contribution in [1.29, 1.82) is 0 Å². The van der Waals surface area contributed by atoms with Gasteiger partial charge in [0.15, 0.2) is 0 Å². The molecule has 0 radical (unpaired) electrons. The lowest BCUT2D eigenvalue weighted by Crippen LogP contribution is -2.36. The third-order valence-electron chi connectivity index (χ3n) is 4.73. The number of aromatic nitrogens is 1. The zero-order valence-electron chi connectivity index (χ0n) is 13.7. The summed E-state index contributed by atoms with van der Waals surface area (Å²) < 4.78 is 0. The number of aromatic hydroxyl groups is 1. The molecule has 2 aliphatic heterocycles. The summed E-state index contributed by atoms with van der Waals surface area (Å²) >= 11 is 0. The average molecular weight is 361 g/mol. The van der Waals surface area contributed by atoms with Crippen LogP contribution in [-0.2, 0) is 6.54 Å². The molecule has 4 rings (SSSR count). The van der Waals surface area contributed by atoms with Crippen molar-refractivity contribution in [3.63, 3.8) is 0 Å². The number of halogens is 1. The highest BCUT2D eigenvalue weighted by atomic mass is 35.5. The zero-order valence-corrected chi connectivity index (χ0v) is 14.5. The van der Waals surface area contributed by atoms with Crippen molar-refractivity contribution in [2.24, 2.45) is 0 Å². The summed E-state index contributed by atoms with van der Waals surface area (Å²) in [6.07, 6.45) is 2.24. The third kappa shape index (κ3) is 3.41. The first kappa shape index (κ1) is 17.5. The van der Waals surface area contributed by atoms with Crippen molar-refractivity contribution in [3.05, 3.63) is 41.5 Å². The van der Waals surface area contributed by atoms with Gasteiger partial charge >= 0.3 is 6.03 Å². The molecule has 1 aromatic heterocycles. The lowest BCUT2D eigenvalue weighted by molar-refractivity contribution is 0.250. The maximum absolute atomic E-state index is 11.7. The number of anilines is 1. The smallest absolute Gasteiger partial charge is 0.320 e. The van der Waals surface area contributed by atoms with Gasteiger partial charge in [-0.25, -0.2) is 9.78 Å². The van der Waals surface area contributed by atoms with Gasteiger partial charge in [0.25, 0.3) is 0 Å². The second kappa shape index (κ2) is 7.29. The Balaban J connectivity index is 0.00000182. The largest absolute Gasteiger partial charge is 0.507 e. The highest BCUT2D eigenvalue weighted by molar-refractivity contribution is 5.92. The molecular formula is C18H21ClN4O2. The van der Waals surface area contributed by atoms with Crippen molar-refractivity contribution < 1.29 is 9.90 Å². The molecule has 6 nitrogen and oxygen atoms in total. The number of phenols is 1. The Morgan fingerprint density at radius 1 is 1.24 bits per heavy atom. The second-order valence-corrected chi connectivity index (χ2v) is 6.29. The number of para-hydroxylation sites is 1. The predicted molar refractivity (Wildman–Crippen MR) is 99.3 cm³/mol. The Bertz CT molecular complexity index is 791. The summed E-state index contributed by atoms with van der Waals surface area (Å²) in [6.45, 7) is 2.46. The second-order valence-electron chi connectivity index (χ2n) is 6.29. The van der Waals surface area contributed by atoms with E-state index in [0.29, 0.717) is 29.5 Å². The number of hydrogen-bond acceptors (Lipinski definition) is 4. The van der Waals surface area contributed by atoms with Gasteiger partial charge in [0.1, 0.15) is 11.6 Å². The monoisotopic (exact) mass is 360 g/mol. The minimum absolute atomic E-state index is 0. The van der Waals surface area contributed by atoms with Crippen molar-refractivity contribution in [1.82, 2.24) is 15.6 Å². The van der Waals surface area contributed by atoms with Crippen LogP contribution in [-0.4, -0.2) is 29.2 Å². The molecule has 7 heteroatoms. The molecule has 2 amide bonds. The maximum Gasteiger partial charge on any atom is 0.320 e. The van der Waals surface area contributed by atoms with E-state index in [-0.39, 0.29) is 24.2 Å². The van der Waals surface area contributed by atoms with Gasteiger partial charge in [-0.05, 0) is 49.1 Å². The molecule has 132 valence electrons. The molecule has 1 fully saturated rings. The van der Waals surface area contributed by atoms with Crippen LogP contribution in [0.1, 0.15) is 29.9 Å². The summed E-state index contributed by atoms with van der Waals surface area (Å²) in [5, 5.41) is 19.2. The number of fused-ring (bicyclic) bond motifs is 1. The van der Waals surface area contributed by atoms with E-state index >= 15 is 0 Å². The topological polar surface area (TPSA) is 86.3 Å². The van der Waals surface area contributed by atoms with Crippen LogP contribution in [0.4, 0.5) is 10.6 Å². The number of carbonyl (C=O) groups excluding carboxylic acids is 1. The quantitative estimate of drug-likeness (QED) is 0.663. The van der Waals surface area contributed by atoms with Crippen molar-refractivity contribution in [3.8, 4) is 17.0 Å². The first-order valence-electron chi connectivity index (χ1n) is 8.30. The minimum Gasteiger partial charge on any atom is -0.507 e. The number of rotatable bonds is 2. The average Bonchev–Trinajstić information content (AvgIpc) is 2.61. The van der Waals surface area contributed by atoms with Crippen LogP contribution in [0, 0.1) is 0 Å². The van der Waals surface area contributed by atoms with E-state index in [4.69, 9.17) is 0 Å². The fourth-order valence-corrected chi connectivity index (χ4v) is 3.51. The SMILES string of the molecule is Cl.O=C1NCc2c(C3CCCNC3)cc(-c3ccccc3O)nc2N1. The number of carbonyl (C=O) groups is 1. The third-order valence-corrected chi connectivity index (χ3v) is 4.73. The molecule has 2 aromatic rings. The van der Waals surface area contributed by atoms with E-state index in [1.54, 1.807) is 12.1 Å². The number of nitrogens with one attached hydrogen (secondary N) is 3. The van der Waals surface area contributed by atoms with E-state index in [1.165, 1.54) is 5.56 Å². The van der Waals surface area contributed by atoms with Crippen LogP contribution >= 0.6 is 12.4 Å². The van der Waals surface area contributed by atoms with Crippen molar-refractivity contribution in [2.75, 3.05) is 18.4 Å². The fraction of sp³-hybridized carbons (Fsp3) is 0.333. The first-order chi connectivity index (χ1) is 11.7. The van der Waals surface area contributed by atoms with E-state index in [1.807, 2.05) is 12.1 Å². The zero-order chi connectivity index (χ0) is 16.5. The molecule has 1 unspecified atom stereocenters. The van der Waals surface area contributed by atoms with Crippen molar-refractivity contribution in [2.45, 2.75) is 25.3 Å². The molecule has 4 N–H and O–H groups in total. The number of hydrogen-bond donors (Lipinski definition) is 4. The summed E-state index contributed by atoms with van der Waals surface area (Å²) in [7, 11) is 0. The number of nitrogens with zero attached hydrogens (tertiary/aromatic N) is 1. The number of amides is 2. The van der Waals surface area contributed by atoms with E-state index in [2.05, 4.69) is 27.0 Å². The van der Waals surface area contributed by atoms with Gasteiger partial charge in [0.2, 0.25) is 0 Å². The fourth-order valence-electron chi connectivity index (χ4n) is 3.51. The molecule has 0 spiro atoms. The number of benzene rings is 1. The van der Waals surface area contributed by atoms with Gasteiger partial charge < -0.3 is 15.7 Å². The number of pyridine rings is 1. The lowest BCUT2D eigenvalue weighted by Gasteiger charge is -2.29. The Hall–Kier alpha value is -2.31. The molecule has 1 atom stereocenters. The van der Waals surface area contributed by atoms with Gasteiger partial charge in [-0.3, -0.25) is 5.32 Å². The lowest BCUT2D eigenvalue weighted by atomic mass is 9.87. The molecule has 3 heterocycles. The summed E-state index contributed by atoms with van der Waals surface area (Å²) in [5.74, 6) is 1.18. The molecular weight excluding hydrogens is 340 g/mol. The Morgan fingerprint density at radius 2 is 2.08 bits per heavy atom. The molecule has 25 heavy (non-hydrogen) atoms. The molecule has 0 saturated carbocycles. The van der Waals surface area contributed by atoms with Crippen molar-refractivity contribution >= 4 is 24.3 Å². The van der Waals surface area contributed by atoms with Gasteiger partial charge in [0.05, 0.1) is 5.69 Å². The summed E-state index contributed by atoms with van der Waals surface area (Å²) in [6, 6.07) is 8.98. The first-order valence-corrected chi connectivity index (χ1v) is 8.30. The molecule has 1 aromatic carbocycles. The normalized spacial score (nSPS) is 19.2. The minimum atomic E-state index is -0.239. The van der Waals surface area contributed by atoms with E-state index < -0.39 is 0 Å². The van der Waals surface area contributed by atoms with Crippen LogP contribution in [0.5, 0.6) is 5.75 Å². The number of urea groups is 1. The molecule has 2 aliphatic rings. The Kier molecular flexibility index (Phi) is 5.11. The van der Waals surface area contributed by atoms with Crippen LogP contribution in [0.3, 0.4) is 0 Å². The standard InChI is InChI=1S/C18H20N4O2.ClH/c23-16-6-2-1-5-12(16)15-8-13(11-4-3-7-19-9-11)14-10-20-18(24)22-17(14)21-15;/h1-2,5-6,8,11,19,23H,3-4,7,9-10H2,(H2,20,21,22,24);1H. The van der Waals surface area contributed by atoms with Gasteiger partial charge in [0, 0.05) is 24.2 Å². The van der Waals surface area contributed by atoms with Gasteiger partial charge in [-0.15, -0.1) is 12.4 Å². The van der Waals surface area contributed by atoms with Gasteiger partial charge in [-0.2, -0.15) is 0 Å². The van der Waals surface area contributed by atoms with E-state index in [9.17, 15) is 9.90 Å². The highest BCUT2D eigenvalue weighted by Crippen LogP contribution is 2.36. The maximum atomic E-state index is 11.7. The summed E-state index contributed by atoms with van der Waals surface area (Å²) in [4.78, 5) is 16.3. The van der Waals surface area contributed by atoms with Crippen LogP contribution in [0.15, 0.2) is 30.3 Å². The summed E-state index contributed by atoms with van der Waals surface area (Å²) in [5.41, 5.74) is 3.60. The molecule has 1 saturated heterocycles. The van der Waals surface area contributed by atoms with Gasteiger partial charge in [-0.1, -0.05) is 12.1 Å².